The Hall–Kier alpha value is -1.39. The van der Waals surface area contributed by atoms with Crippen molar-refractivity contribution < 1.29 is 19.1 Å². The minimum Gasteiger partial charge on any atom is -0.443 e. The van der Waals surface area contributed by atoms with Crippen LogP contribution >= 0.6 is 0 Å². The average Bonchev–Trinajstić information content (AvgIpc) is 2.35. The molecule has 5 nitrogen and oxygen atoms in total. The molecule has 1 aliphatic heterocycles. The fraction of sp³-hybridized carbons (Fsp3) is 0.769. The predicted octanol–water partition coefficient (Wildman–Crippen LogP) is 2.14. The van der Waals surface area contributed by atoms with Crippen molar-refractivity contribution in [1.29, 1.82) is 0 Å². The molecule has 1 aliphatic rings. The van der Waals surface area contributed by atoms with Gasteiger partial charge in [-0.15, -0.1) is 0 Å². The first kappa shape index (κ1) is 14.7. The van der Waals surface area contributed by atoms with Gasteiger partial charge in [-0.3, -0.25) is 9.59 Å². The summed E-state index contributed by atoms with van der Waals surface area (Å²) in [6, 6.07) is -0.706. The van der Waals surface area contributed by atoms with Gasteiger partial charge in [-0.1, -0.05) is 13.8 Å². The molecule has 0 aromatic carbocycles. The summed E-state index contributed by atoms with van der Waals surface area (Å²) in [7, 11) is 0. The van der Waals surface area contributed by atoms with E-state index in [2.05, 4.69) is 0 Å². The molecule has 0 spiro atoms. The summed E-state index contributed by atoms with van der Waals surface area (Å²) < 4.78 is 5.18. The number of imide groups is 1. The fourth-order valence-electron chi connectivity index (χ4n) is 1.98. The van der Waals surface area contributed by atoms with Gasteiger partial charge >= 0.3 is 6.09 Å². The standard InChI is InChI=1S/C13H21NO4/c1-8(15)9-7-13(5,6)10(16)14(9)11(17)18-12(2,3)4/h9H,7H2,1-6H3/t9-/m0/s1. The van der Waals surface area contributed by atoms with Crippen LogP contribution in [0.15, 0.2) is 0 Å². The molecule has 0 aromatic heterocycles. The highest BCUT2D eigenvalue weighted by molar-refractivity contribution is 6.03. The van der Waals surface area contributed by atoms with Crippen LogP contribution in [-0.4, -0.2) is 34.3 Å². The maximum absolute atomic E-state index is 12.1. The largest absolute Gasteiger partial charge is 0.443 e. The third-order valence-corrected chi connectivity index (χ3v) is 2.87. The highest BCUT2D eigenvalue weighted by atomic mass is 16.6. The Bertz CT molecular complexity index is 392. The summed E-state index contributed by atoms with van der Waals surface area (Å²) in [5.41, 5.74) is -1.39. The topological polar surface area (TPSA) is 63.7 Å². The highest BCUT2D eigenvalue weighted by Crippen LogP contribution is 2.36. The van der Waals surface area contributed by atoms with E-state index in [0.29, 0.717) is 6.42 Å². The van der Waals surface area contributed by atoms with Crippen molar-refractivity contribution in [1.82, 2.24) is 4.90 Å². The molecule has 5 heteroatoms. The van der Waals surface area contributed by atoms with Crippen molar-refractivity contribution in [3.05, 3.63) is 0 Å². The van der Waals surface area contributed by atoms with E-state index in [0.717, 1.165) is 4.90 Å². The Morgan fingerprint density at radius 1 is 1.33 bits per heavy atom. The minimum atomic E-state index is -0.738. The van der Waals surface area contributed by atoms with Crippen LogP contribution < -0.4 is 0 Å². The Kier molecular flexibility index (Phi) is 3.56. The van der Waals surface area contributed by atoms with E-state index in [1.165, 1.54) is 6.92 Å². The second kappa shape index (κ2) is 4.37. The smallest absolute Gasteiger partial charge is 0.417 e. The van der Waals surface area contributed by atoms with Crippen LogP contribution in [0.25, 0.3) is 0 Å². The first-order chi connectivity index (χ1) is 7.96. The molecule has 102 valence electrons. The number of Topliss-reactive ketones (excluding diaryl/α,β-unsaturated/α-hetero) is 1. The van der Waals surface area contributed by atoms with Gasteiger partial charge in [-0.25, -0.2) is 9.69 Å². The van der Waals surface area contributed by atoms with Crippen LogP contribution in [-0.2, 0) is 14.3 Å². The molecule has 0 radical (unpaired) electrons. The number of hydrogen-bond acceptors (Lipinski definition) is 4. The number of ether oxygens (including phenoxy) is 1. The Balaban J connectivity index is 3.00. The second-order valence-electron chi connectivity index (χ2n) is 6.37. The van der Waals surface area contributed by atoms with E-state index >= 15 is 0 Å². The van der Waals surface area contributed by atoms with Crippen molar-refractivity contribution in [2.45, 2.75) is 59.6 Å². The second-order valence-corrected chi connectivity index (χ2v) is 6.37. The lowest BCUT2D eigenvalue weighted by atomic mass is 9.89. The van der Waals surface area contributed by atoms with Gasteiger partial charge in [0.05, 0.1) is 0 Å². The number of rotatable bonds is 1. The van der Waals surface area contributed by atoms with E-state index < -0.39 is 23.2 Å². The van der Waals surface area contributed by atoms with Crippen LogP contribution in [0.1, 0.15) is 48.0 Å². The minimum absolute atomic E-state index is 0.195. The highest BCUT2D eigenvalue weighted by Gasteiger charge is 2.51. The molecule has 1 fully saturated rings. The van der Waals surface area contributed by atoms with Gasteiger partial charge in [0, 0.05) is 5.41 Å². The molecular formula is C13H21NO4. The van der Waals surface area contributed by atoms with Crippen LogP contribution in [0.5, 0.6) is 0 Å². The zero-order valence-electron chi connectivity index (χ0n) is 11.9. The summed E-state index contributed by atoms with van der Waals surface area (Å²) in [6.45, 7) is 10.0. The number of likely N-dealkylation sites (tertiary alicyclic amines) is 1. The lowest BCUT2D eigenvalue weighted by Crippen LogP contribution is -2.45. The van der Waals surface area contributed by atoms with E-state index in [1.54, 1.807) is 34.6 Å². The fourth-order valence-corrected chi connectivity index (χ4v) is 1.98. The normalized spacial score (nSPS) is 23.1. The van der Waals surface area contributed by atoms with Crippen molar-refractivity contribution >= 4 is 17.8 Å². The third kappa shape index (κ3) is 2.89. The summed E-state index contributed by atoms with van der Waals surface area (Å²) in [6.07, 6.45) is -0.390. The molecule has 0 bridgehead atoms. The number of nitrogens with zero attached hydrogens (tertiary/aromatic N) is 1. The molecule has 2 amide bonds. The molecule has 0 unspecified atom stereocenters. The average molecular weight is 255 g/mol. The van der Waals surface area contributed by atoms with E-state index in [1.807, 2.05) is 0 Å². The summed E-state index contributed by atoms with van der Waals surface area (Å²) >= 11 is 0. The van der Waals surface area contributed by atoms with Crippen LogP contribution in [0.2, 0.25) is 0 Å². The van der Waals surface area contributed by atoms with Gasteiger partial charge in [-0.05, 0) is 34.1 Å². The molecule has 1 heterocycles. The van der Waals surface area contributed by atoms with Crippen molar-refractivity contribution in [2.75, 3.05) is 0 Å². The number of carbonyl (C=O) groups is 3. The molecule has 0 aromatic rings. The first-order valence-corrected chi connectivity index (χ1v) is 6.03. The third-order valence-electron chi connectivity index (χ3n) is 2.87. The zero-order valence-corrected chi connectivity index (χ0v) is 11.9. The molecular weight excluding hydrogens is 234 g/mol. The first-order valence-electron chi connectivity index (χ1n) is 6.03. The number of hydrogen-bond donors (Lipinski definition) is 0. The van der Waals surface area contributed by atoms with Gasteiger partial charge in [-0.2, -0.15) is 0 Å². The number of ketones is 1. The van der Waals surface area contributed by atoms with Gasteiger partial charge < -0.3 is 4.74 Å². The zero-order chi connectivity index (χ0) is 14.3. The maximum Gasteiger partial charge on any atom is 0.417 e. The van der Waals surface area contributed by atoms with Gasteiger partial charge in [0.1, 0.15) is 11.6 Å². The van der Waals surface area contributed by atoms with Crippen molar-refractivity contribution in [2.24, 2.45) is 5.41 Å². The Labute approximate surface area is 107 Å². The molecule has 1 saturated heterocycles. The number of carbonyl (C=O) groups excluding carboxylic acids is 3. The van der Waals surface area contributed by atoms with Gasteiger partial charge in [0.2, 0.25) is 5.91 Å². The van der Waals surface area contributed by atoms with E-state index in [-0.39, 0.29) is 11.7 Å². The quantitative estimate of drug-likeness (QED) is 0.720. The summed E-state index contributed by atoms with van der Waals surface area (Å²) in [5.74, 6) is -0.545. The molecule has 0 aliphatic carbocycles. The summed E-state index contributed by atoms with van der Waals surface area (Å²) in [5, 5.41) is 0. The Morgan fingerprint density at radius 2 is 1.83 bits per heavy atom. The maximum atomic E-state index is 12.1. The SMILES string of the molecule is CC(=O)[C@@H]1CC(C)(C)C(=O)N1C(=O)OC(C)(C)C. The van der Waals surface area contributed by atoms with Crippen molar-refractivity contribution in [3.8, 4) is 0 Å². The lowest BCUT2D eigenvalue weighted by molar-refractivity contribution is -0.137. The van der Waals surface area contributed by atoms with Gasteiger partial charge in [0.15, 0.2) is 5.78 Å². The number of amides is 2. The predicted molar refractivity (Wildman–Crippen MR) is 65.9 cm³/mol. The van der Waals surface area contributed by atoms with E-state index in [9.17, 15) is 14.4 Å². The molecule has 0 saturated carbocycles. The summed E-state index contributed by atoms with van der Waals surface area (Å²) in [4.78, 5) is 36.7. The molecule has 0 N–H and O–H groups in total. The van der Waals surface area contributed by atoms with Crippen LogP contribution in [0.4, 0.5) is 4.79 Å². The van der Waals surface area contributed by atoms with Crippen molar-refractivity contribution in [3.63, 3.8) is 0 Å². The van der Waals surface area contributed by atoms with Gasteiger partial charge in [0.25, 0.3) is 0 Å². The van der Waals surface area contributed by atoms with Crippen LogP contribution in [0.3, 0.4) is 0 Å². The molecule has 18 heavy (non-hydrogen) atoms. The lowest BCUT2D eigenvalue weighted by Gasteiger charge is -2.26. The Morgan fingerprint density at radius 3 is 2.22 bits per heavy atom. The monoisotopic (exact) mass is 255 g/mol. The van der Waals surface area contributed by atoms with Crippen LogP contribution in [0, 0.1) is 5.41 Å². The van der Waals surface area contributed by atoms with E-state index in [4.69, 9.17) is 4.74 Å². The molecule has 1 atom stereocenters. The molecule has 1 rings (SSSR count).